The van der Waals surface area contributed by atoms with E-state index >= 15 is 0 Å². The number of aryl methyl sites for hydroxylation is 1. The number of rotatable bonds is 4. The Bertz CT molecular complexity index is 602. The first-order valence-electron chi connectivity index (χ1n) is 5.65. The van der Waals surface area contributed by atoms with Gasteiger partial charge >= 0.3 is 5.97 Å². The van der Waals surface area contributed by atoms with Crippen molar-refractivity contribution in [3.8, 4) is 0 Å². The molecule has 0 aromatic carbocycles. The Labute approximate surface area is 109 Å². The van der Waals surface area contributed by atoms with Crippen molar-refractivity contribution in [1.29, 1.82) is 0 Å². The average molecular weight is 259 g/mol. The van der Waals surface area contributed by atoms with Crippen LogP contribution >= 0.6 is 0 Å². The second-order valence-electron chi connectivity index (χ2n) is 4.07. The summed E-state index contributed by atoms with van der Waals surface area (Å²) in [5.74, 6) is -1.17. The molecule has 0 radical (unpaired) electrons. The molecule has 2 N–H and O–H groups in total. The summed E-state index contributed by atoms with van der Waals surface area (Å²) in [6.45, 7) is 0. The lowest BCUT2D eigenvalue weighted by atomic mass is 10.2. The monoisotopic (exact) mass is 259 g/mol. The third-order valence-corrected chi connectivity index (χ3v) is 2.59. The van der Waals surface area contributed by atoms with Gasteiger partial charge in [-0.15, -0.1) is 0 Å². The van der Waals surface area contributed by atoms with Gasteiger partial charge in [0.25, 0.3) is 5.91 Å². The number of carbonyl (C=O) groups excluding carboxylic acids is 1. The minimum Gasteiger partial charge on any atom is -0.481 e. The van der Waals surface area contributed by atoms with E-state index in [1.807, 2.05) is 0 Å². The first-order valence-corrected chi connectivity index (χ1v) is 5.65. The zero-order valence-corrected chi connectivity index (χ0v) is 10.3. The van der Waals surface area contributed by atoms with E-state index in [1.54, 1.807) is 42.1 Å². The maximum atomic E-state index is 11.9. The molecule has 0 aliphatic heterocycles. The average Bonchev–Trinajstić information content (AvgIpc) is 2.77. The second-order valence-corrected chi connectivity index (χ2v) is 4.07. The highest BCUT2D eigenvalue weighted by Crippen LogP contribution is 2.09. The van der Waals surface area contributed by atoms with Crippen molar-refractivity contribution in [3.05, 3.63) is 48.0 Å². The van der Waals surface area contributed by atoms with Crippen molar-refractivity contribution in [2.75, 3.05) is 5.32 Å². The molecule has 0 aliphatic carbocycles. The number of nitrogens with zero attached hydrogens (tertiary/aromatic N) is 2. The number of aromatic nitrogens is 2. The quantitative estimate of drug-likeness (QED) is 0.866. The number of amides is 1. The van der Waals surface area contributed by atoms with Gasteiger partial charge in [-0.25, -0.2) is 0 Å². The lowest BCUT2D eigenvalue weighted by Crippen LogP contribution is -2.15. The van der Waals surface area contributed by atoms with Crippen LogP contribution in [0.3, 0.4) is 0 Å². The highest BCUT2D eigenvalue weighted by atomic mass is 16.4. The molecular weight excluding hydrogens is 246 g/mol. The maximum Gasteiger partial charge on any atom is 0.309 e. The summed E-state index contributed by atoms with van der Waals surface area (Å²) in [5, 5.41) is 11.3. The van der Waals surface area contributed by atoms with Gasteiger partial charge in [0.1, 0.15) is 5.69 Å². The first-order chi connectivity index (χ1) is 9.06. The highest BCUT2D eigenvalue weighted by molar-refractivity contribution is 6.03. The fourth-order valence-corrected chi connectivity index (χ4v) is 1.65. The topological polar surface area (TPSA) is 84.2 Å². The van der Waals surface area contributed by atoms with Crippen molar-refractivity contribution >= 4 is 17.6 Å². The molecule has 0 fully saturated rings. The Morgan fingerprint density at radius 3 is 2.68 bits per heavy atom. The number of aliphatic carboxylic acids is 1. The predicted octanol–water partition coefficient (Wildman–Crippen LogP) is 1.30. The van der Waals surface area contributed by atoms with E-state index in [9.17, 15) is 9.59 Å². The van der Waals surface area contributed by atoms with Gasteiger partial charge in [-0.1, -0.05) is 0 Å². The Morgan fingerprint density at radius 2 is 2.16 bits per heavy atom. The van der Waals surface area contributed by atoms with Crippen molar-refractivity contribution in [3.63, 3.8) is 0 Å². The molecule has 1 amide bonds. The van der Waals surface area contributed by atoms with Crippen molar-refractivity contribution in [2.24, 2.45) is 7.05 Å². The standard InChI is InChI=1S/C13H13N3O3/c1-16-6-2-3-11(16)13(19)15-10-5-4-9(14-8-10)7-12(17)18/h2-6,8H,7H2,1H3,(H,15,19)(H,17,18). The Kier molecular flexibility index (Phi) is 3.61. The van der Waals surface area contributed by atoms with Gasteiger partial charge in [-0.3, -0.25) is 14.6 Å². The van der Waals surface area contributed by atoms with Crippen LogP contribution in [0.5, 0.6) is 0 Å². The molecule has 19 heavy (non-hydrogen) atoms. The Balaban J connectivity index is 2.06. The van der Waals surface area contributed by atoms with Crippen LogP contribution in [0, 0.1) is 0 Å². The number of carboxylic acid groups (broad SMARTS) is 1. The summed E-state index contributed by atoms with van der Waals surface area (Å²) in [6, 6.07) is 6.70. The summed E-state index contributed by atoms with van der Waals surface area (Å²) in [5.41, 5.74) is 1.51. The van der Waals surface area contributed by atoms with Gasteiger partial charge < -0.3 is 15.0 Å². The summed E-state index contributed by atoms with van der Waals surface area (Å²) >= 11 is 0. The van der Waals surface area contributed by atoms with Crippen LogP contribution in [0.1, 0.15) is 16.2 Å². The van der Waals surface area contributed by atoms with E-state index in [-0.39, 0.29) is 12.3 Å². The summed E-state index contributed by atoms with van der Waals surface area (Å²) in [6.07, 6.45) is 3.09. The SMILES string of the molecule is Cn1cccc1C(=O)Nc1ccc(CC(=O)O)nc1. The Hall–Kier alpha value is -2.63. The van der Waals surface area contributed by atoms with Gasteiger partial charge in [0.05, 0.1) is 24.0 Å². The molecule has 6 heteroatoms. The molecule has 0 saturated heterocycles. The number of pyridine rings is 1. The maximum absolute atomic E-state index is 11.9. The third-order valence-electron chi connectivity index (χ3n) is 2.59. The van der Waals surface area contributed by atoms with Crippen LogP contribution in [0.25, 0.3) is 0 Å². The van der Waals surface area contributed by atoms with E-state index < -0.39 is 5.97 Å². The van der Waals surface area contributed by atoms with Crippen LogP contribution < -0.4 is 5.32 Å². The minimum atomic E-state index is -0.937. The van der Waals surface area contributed by atoms with Crippen LogP contribution in [-0.4, -0.2) is 26.5 Å². The number of nitrogens with one attached hydrogen (secondary N) is 1. The van der Waals surface area contributed by atoms with Crippen LogP contribution in [-0.2, 0) is 18.3 Å². The predicted molar refractivity (Wildman–Crippen MR) is 68.9 cm³/mol. The number of hydrogen-bond donors (Lipinski definition) is 2. The minimum absolute atomic E-state index is 0.133. The number of carbonyl (C=O) groups is 2. The zero-order chi connectivity index (χ0) is 13.8. The molecular formula is C13H13N3O3. The summed E-state index contributed by atoms with van der Waals surface area (Å²) < 4.78 is 1.71. The number of carboxylic acids is 1. The van der Waals surface area contributed by atoms with Crippen LogP contribution in [0.2, 0.25) is 0 Å². The van der Waals surface area contributed by atoms with Gasteiger partial charge in [0.2, 0.25) is 0 Å². The second kappa shape index (κ2) is 5.34. The van der Waals surface area contributed by atoms with E-state index in [4.69, 9.17) is 5.11 Å². The van der Waals surface area contributed by atoms with Crippen LogP contribution in [0.4, 0.5) is 5.69 Å². The molecule has 6 nitrogen and oxygen atoms in total. The molecule has 2 heterocycles. The molecule has 0 bridgehead atoms. The van der Waals surface area contributed by atoms with Gasteiger partial charge in [0.15, 0.2) is 0 Å². The van der Waals surface area contributed by atoms with Crippen molar-refractivity contribution in [2.45, 2.75) is 6.42 Å². The largest absolute Gasteiger partial charge is 0.481 e. The lowest BCUT2D eigenvalue weighted by Gasteiger charge is -2.06. The Morgan fingerprint density at radius 1 is 1.37 bits per heavy atom. The zero-order valence-electron chi connectivity index (χ0n) is 10.3. The fourth-order valence-electron chi connectivity index (χ4n) is 1.65. The van der Waals surface area contributed by atoms with E-state index in [2.05, 4.69) is 10.3 Å². The molecule has 2 aromatic rings. The molecule has 0 saturated carbocycles. The number of anilines is 1. The van der Waals surface area contributed by atoms with E-state index in [0.717, 1.165) is 0 Å². The summed E-state index contributed by atoms with van der Waals surface area (Å²) in [4.78, 5) is 26.4. The molecule has 0 unspecified atom stereocenters. The highest BCUT2D eigenvalue weighted by Gasteiger charge is 2.09. The molecule has 0 aliphatic rings. The van der Waals surface area contributed by atoms with Crippen molar-refractivity contribution in [1.82, 2.24) is 9.55 Å². The first kappa shape index (κ1) is 12.8. The van der Waals surface area contributed by atoms with Gasteiger partial charge in [-0.05, 0) is 24.3 Å². The molecule has 2 rings (SSSR count). The fraction of sp³-hybridized carbons (Fsp3) is 0.154. The smallest absolute Gasteiger partial charge is 0.309 e. The summed E-state index contributed by atoms with van der Waals surface area (Å²) in [7, 11) is 1.78. The van der Waals surface area contributed by atoms with Gasteiger partial charge in [-0.2, -0.15) is 0 Å². The normalized spacial score (nSPS) is 10.2. The van der Waals surface area contributed by atoms with Crippen molar-refractivity contribution < 1.29 is 14.7 Å². The van der Waals surface area contributed by atoms with E-state index in [0.29, 0.717) is 17.1 Å². The lowest BCUT2D eigenvalue weighted by molar-refractivity contribution is -0.136. The molecule has 0 atom stereocenters. The van der Waals surface area contributed by atoms with E-state index in [1.165, 1.54) is 6.20 Å². The van der Waals surface area contributed by atoms with Gasteiger partial charge in [0, 0.05) is 13.2 Å². The third kappa shape index (κ3) is 3.19. The van der Waals surface area contributed by atoms with Crippen LogP contribution in [0.15, 0.2) is 36.7 Å². The molecule has 98 valence electrons. The molecule has 2 aromatic heterocycles. The molecule has 0 spiro atoms. The number of hydrogen-bond acceptors (Lipinski definition) is 3.